The number of nitrogen functional groups attached to an aromatic ring is 1. The number of fused-ring (bicyclic) bond motifs is 3. The highest BCUT2D eigenvalue weighted by Gasteiger charge is 2.25. The Labute approximate surface area is 157 Å². The number of amides is 1. The van der Waals surface area contributed by atoms with Crippen LogP contribution in [0.3, 0.4) is 0 Å². The molecule has 0 atom stereocenters. The first-order valence-electron chi connectivity index (χ1n) is 8.85. The van der Waals surface area contributed by atoms with Gasteiger partial charge < -0.3 is 25.5 Å². The van der Waals surface area contributed by atoms with Crippen molar-refractivity contribution >= 4 is 33.7 Å². The number of aromatic hydroxyl groups is 1. The van der Waals surface area contributed by atoms with Crippen LogP contribution in [0.5, 0.6) is 5.75 Å². The van der Waals surface area contributed by atoms with Crippen molar-refractivity contribution in [2.45, 2.75) is 46.4 Å². The highest BCUT2D eigenvalue weighted by molar-refractivity contribution is 6.06. The third-order valence-corrected chi connectivity index (χ3v) is 4.27. The van der Waals surface area contributed by atoms with Crippen LogP contribution in [-0.4, -0.2) is 37.7 Å². The van der Waals surface area contributed by atoms with Crippen molar-refractivity contribution < 1.29 is 14.6 Å². The molecule has 0 bridgehead atoms. The lowest BCUT2D eigenvalue weighted by atomic mass is 10.1. The Kier molecular flexibility index (Phi) is 4.93. The third-order valence-electron chi connectivity index (χ3n) is 4.27. The van der Waals surface area contributed by atoms with Crippen LogP contribution in [-0.2, 0) is 22.7 Å². The molecule has 0 saturated heterocycles. The van der Waals surface area contributed by atoms with Gasteiger partial charge in [0.1, 0.15) is 23.7 Å². The second-order valence-electron chi connectivity index (χ2n) is 7.21. The molecule has 0 spiro atoms. The maximum atomic E-state index is 11.6. The van der Waals surface area contributed by atoms with E-state index in [9.17, 15) is 9.90 Å². The number of aromatic nitrogens is 3. The molecule has 1 aromatic carbocycles. The molecule has 0 unspecified atom stereocenters. The number of carbonyl (C=O) groups excluding carboxylic acids is 1. The number of rotatable bonds is 6. The highest BCUT2D eigenvalue weighted by atomic mass is 16.5. The van der Waals surface area contributed by atoms with E-state index in [-0.39, 0.29) is 17.5 Å². The summed E-state index contributed by atoms with van der Waals surface area (Å²) < 4.78 is 7.60. The number of benzene rings is 1. The summed E-state index contributed by atoms with van der Waals surface area (Å²) in [7, 11) is 0. The first kappa shape index (κ1) is 18.9. The fourth-order valence-electron chi connectivity index (χ4n) is 3.33. The van der Waals surface area contributed by atoms with Gasteiger partial charge in [0.05, 0.1) is 16.6 Å². The van der Waals surface area contributed by atoms with E-state index in [1.807, 2.05) is 25.3 Å². The Bertz CT molecular complexity index is 1010. The quantitative estimate of drug-likeness (QED) is 0.612. The van der Waals surface area contributed by atoms with E-state index in [4.69, 9.17) is 10.5 Å². The molecule has 1 amide bonds. The number of carbonyl (C=O) groups is 1. The largest absolute Gasteiger partial charge is 0.508 e. The Balaban J connectivity index is 2.26. The normalized spacial score (nSPS) is 12.0. The lowest BCUT2D eigenvalue weighted by Crippen LogP contribution is -2.45. The van der Waals surface area contributed by atoms with E-state index in [2.05, 4.69) is 15.3 Å². The number of hydrogen-bond acceptors (Lipinski definition) is 6. The van der Waals surface area contributed by atoms with Crippen LogP contribution in [0.2, 0.25) is 0 Å². The van der Waals surface area contributed by atoms with Gasteiger partial charge in [0.15, 0.2) is 5.82 Å². The van der Waals surface area contributed by atoms with Gasteiger partial charge in [0, 0.05) is 31.5 Å². The number of imidazole rings is 1. The van der Waals surface area contributed by atoms with Crippen molar-refractivity contribution in [2.24, 2.45) is 0 Å². The standard InChI is InChI=1S/C19H25N5O3/c1-5-27-9-15-22-16-17(24(15)10-19(3,4)23-11(2)25)13-7-6-12(26)8-14(13)21-18(16)20/h6-8,26H,5,9-10H2,1-4H3,(H2,20,21)(H,23,25). The number of nitrogens with one attached hydrogen (secondary N) is 1. The summed E-state index contributed by atoms with van der Waals surface area (Å²) in [6.07, 6.45) is 0. The minimum atomic E-state index is -0.512. The van der Waals surface area contributed by atoms with E-state index in [0.29, 0.717) is 36.6 Å². The van der Waals surface area contributed by atoms with Crippen LogP contribution >= 0.6 is 0 Å². The van der Waals surface area contributed by atoms with Gasteiger partial charge in [-0.1, -0.05) is 0 Å². The van der Waals surface area contributed by atoms with Crippen LogP contribution in [0.4, 0.5) is 5.82 Å². The Morgan fingerprint density at radius 3 is 2.78 bits per heavy atom. The molecule has 0 radical (unpaired) electrons. The van der Waals surface area contributed by atoms with Gasteiger partial charge in [-0.3, -0.25) is 4.79 Å². The van der Waals surface area contributed by atoms with Crippen molar-refractivity contribution in [1.82, 2.24) is 19.9 Å². The van der Waals surface area contributed by atoms with Gasteiger partial charge in [-0.2, -0.15) is 0 Å². The molecular weight excluding hydrogens is 346 g/mol. The zero-order valence-corrected chi connectivity index (χ0v) is 16.0. The second-order valence-corrected chi connectivity index (χ2v) is 7.21. The molecule has 0 saturated carbocycles. The zero-order valence-electron chi connectivity index (χ0n) is 16.0. The number of phenolic OH excluding ortho intramolecular Hbond substituents is 1. The number of anilines is 1. The number of pyridine rings is 1. The maximum Gasteiger partial charge on any atom is 0.217 e. The Morgan fingerprint density at radius 1 is 1.37 bits per heavy atom. The molecular formula is C19H25N5O3. The van der Waals surface area contributed by atoms with E-state index in [0.717, 1.165) is 10.9 Å². The summed E-state index contributed by atoms with van der Waals surface area (Å²) in [5.74, 6) is 1.01. The molecule has 144 valence electrons. The Morgan fingerprint density at radius 2 is 2.11 bits per heavy atom. The van der Waals surface area contributed by atoms with Crippen LogP contribution in [0.25, 0.3) is 21.9 Å². The van der Waals surface area contributed by atoms with Gasteiger partial charge >= 0.3 is 0 Å². The first-order valence-corrected chi connectivity index (χ1v) is 8.85. The lowest BCUT2D eigenvalue weighted by Gasteiger charge is -2.27. The van der Waals surface area contributed by atoms with Gasteiger partial charge in [0.25, 0.3) is 0 Å². The van der Waals surface area contributed by atoms with E-state index in [1.54, 1.807) is 18.2 Å². The summed E-state index contributed by atoms with van der Waals surface area (Å²) in [4.78, 5) is 20.6. The van der Waals surface area contributed by atoms with Crippen LogP contribution in [0.1, 0.15) is 33.5 Å². The van der Waals surface area contributed by atoms with Crippen molar-refractivity contribution in [3.8, 4) is 5.75 Å². The minimum absolute atomic E-state index is 0.105. The molecule has 27 heavy (non-hydrogen) atoms. The maximum absolute atomic E-state index is 11.6. The molecule has 3 aromatic rings. The molecule has 0 fully saturated rings. The second kappa shape index (κ2) is 7.03. The summed E-state index contributed by atoms with van der Waals surface area (Å²) in [5, 5.41) is 13.6. The summed E-state index contributed by atoms with van der Waals surface area (Å²) in [5.41, 5.74) is 7.62. The molecule has 2 heterocycles. The molecule has 4 N–H and O–H groups in total. The molecule has 0 aliphatic rings. The Hall–Kier alpha value is -2.87. The van der Waals surface area contributed by atoms with Crippen LogP contribution in [0.15, 0.2) is 18.2 Å². The first-order chi connectivity index (χ1) is 12.7. The topological polar surface area (TPSA) is 115 Å². The summed E-state index contributed by atoms with van der Waals surface area (Å²) in [6, 6.07) is 4.98. The number of nitrogens with zero attached hydrogens (tertiary/aromatic N) is 3. The van der Waals surface area contributed by atoms with Gasteiger partial charge in [-0.05, 0) is 32.9 Å². The number of nitrogens with two attached hydrogens (primary N) is 1. The average molecular weight is 371 g/mol. The molecule has 3 rings (SSSR count). The molecule has 2 aromatic heterocycles. The number of hydrogen-bond donors (Lipinski definition) is 3. The van der Waals surface area contributed by atoms with Crippen LogP contribution in [0, 0.1) is 0 Å². The van der Waals surface area contributed by atoms with Crippen molar-refractivity contribution in [3.63, 3.8) is 0 Å². The monoisotopic (exact) mass is 371 g/mol. The van der Waals surface area contributed by atoms with E-state index >= 15 is 0 Å². The SMILES string of the molecule is CCOCc1nc2c(N)nc3cc(O)ccc3c2n1CC(C)(C)NC(C)=O. The van der Waals surface area contributed by atoms with Gasteiger partial charge in [-0.25, -0.2) is 9.97 Å². The molecule has 8 nitrogen and oxygen atoms in total. The number of ether oxygens (including phenoxy) is 1. The third kappa shape index (κ3) is 3.80. The lowest BCUT2D eigenvalue weighted by molar-refractivity contribution is -0.120. The van der Waals surface area contributed by atoms with Crippen molar-refractivity contribution in [3.05, 3.63) is 24.0 Å². The predicted octanol–water partition coefficient (Wildman–Crippen LogP) is 2.32. The molecule has 8 heteroatoms. The summed E-state index contributed by atoms with van der Waals surface area (Å²) in [6.45, 7) is 8.66. The fourth-order valence-corrected chi connectivity index (χ4v) is 3.33. The summed E-state index contributed by atoms with van der Waals surface area (Å²) >= 11 is 0. The van der Waals surface area contributed by atoms with Crippen molar-refractivity contribution in [1.29, 1.82) is 0 Å². The average Bonchev–Trinajstić information content (AvgIpc) is 2.90. The van der Waals surface area contributed by atoms with Crippen molar-refractivity contribution in [2.75, 3.05) is 12.3 Å². The predicted molar refractivity (Wildman–Crippen MR) is 104 cm³/mol. The van der Waals surface area contributed by atoms with E-state index in [1.165, 1.54) is 6.92 Å². The van der Waals surface area contributed by atoms with Crippen LogP contribution < -0.4 is 11.1 Å². The van der Waals surface area contributed by atoms with Gasteiger partial charge in [0.2, 0.25) is 5.91 Å². The molecule has 0 aliphatic heterocycles. The van der Waals surface area contributed by atoms with Gasteiger partial charge in [-0.15, -0.1) is 0 Å². The molecule has 0 aliphatic carbocycles. The number of phenols is 1. The van der Waals surface area contributed by atoms with E-state index < -0.39 is 5.54 Å². The highest BCUT2D eigenvalue weighted by Crippen LogP contribution is 2.31. The zero-order chi connectivity index (χ0) is 19.8. The fraction of sp³-hybridized carbons (Fsp3) is 0.421. The minimum Gasteiger partial charge on any atom is -0.508 e. The smallest absolute Gasteiger partial charge is 0.217 e.